The van der Waals surface area contributed by atoms with E-state index in [-0.39, 0.29) is 30.0 Å². The highest BCUT2D eigenvalue weighted by atomic mass is 127. The second-order valence-electron chi connectivity index (χ2n) is 8.47. The van der Waals surface area contributed by atoms with Gasteiger partial charge in [0.15, 0.2) is 5.96 Å². The van der Waals surface area contributed by atoms with E-state index in [4.69, 9.17) is 4.42 Å². The molecule has 1 atom stereocenters. The van der Waals surface area contributed by atoms with E-state index in [2.05, 4.69) is 31.5 Å². The number of halogens is 1. The summed E-state index contributed by atoms with van der Waals surface area (Å²) in [6.07, 6.45) is 13.7. The predicted octanol–water partition coefficient (Wildman–Crippen LogP) is 4.25. The van der Waals surface area contributed by atoms with Crippen LogP contribution in [0.5, 0.6) is 0 Å². The molecule has 0 spiro atoms. The second-order valence-corrected chi connectivity index (χ2v) is 8.47. The van der Waals surface area contributed by atoms with E-state index in [1.165, 1.54) is 77.4 Å². The van der Waals surface area contributed by atoms with Crippen molar-refractivity contribution >= 4 is 29.9 Å². The molecular formula is C23H42IN5O. The fourth-order valence-corrected chi connectivity index (χ4v) is 4.56. The fourth-order valence-electron chi connectivity index (χ4n) is 4.56. The normalized spacial score (nSPS) is 19.8. The van der Waals surface area contributed by atoms with Crippen LogP contribution in [0.3, 0.4) is 0 Å². The van der Waals surface area contributed by atoms with Crippen LogP contribution < -0.4 is 10.6 Å². The first kappa shape index (κ1) is 25.5. The summed E-state index contributed by atoms with van der Waals surface area (Å²) in [5.74, 6) is 1.95. The molecular weight excluding hydrogens is 489 g/mol. The van der Waals surface area contributed by atoms with E-state index in [0.29, 0.717) is 0 Å². The van der Waals surface area contributed by atoms with Gasteiger partial charge in [-0.2, -0.15) is 0 Å². The Morgan fingerprint density at radius 2 is 1.73 bits per heavy atom. The summed E-state index contributed by atoms with van der Waals surface area (Å²) in [6.45, 7) is 7.99. The van der Waals surface area contributed by atoms with E-state index in [1.807, 2.05) is 13.1 Å². The van der Waals surface area contributed by atoms with Crippen molar-refractivity contribution in [3.8, 4) is 0 Å². The van der Waals surface area contributed by atoms with Crippen molar-refractivity contribution in [2.75, 3.05) is 52.9 Å². The molecule has 1 unspecified atom stereocenters. The molecule has 6 nitrogen and oxygen atoms in total. The lowest BCUT2D eigenvalue weighted by molar-refractivity contribution is 0.146. The summed E-state index contributed by atoms with van der Waals surface area (Å²) in [6, 6.07) is 4.36. The first-order chi connectivity index (χ1) is 14.4. The first-order valence-electron chi connectivity index (χ1n) is 11.8. The number of guanidine groups is 1. The lowest BCUT2D eigenvalue weighted by Gasteiger charge is -2.33. The summed E-state index contributed by atoms with van der Waals surface area (Å²) in [5.41, 5.74) is 0. The summed E-state index contributed by atoms with van der Waals surface area (Å²) in [7, 11) is 1.86. The maximum Gasteiger partial charge on any atom is 0.191 e. The number of piperidine rings is 2. The van der Waals surface area contributed by atoms with Crippen LogP contribution in [0.15, 0.2) is 27.8 Å². The number of furan rings is 1. The van der Waals surface area contributed by atoms with Crippen LogP contribution in [-0.4, -0.2) is 68.6 Å². The Labute approximate surface area is 200 Å². The van der Waals surface area contributed by atoms with Crippen molar-refractivity contribution in [2.45, 2.75) is 63.8 Å². The Morgan fingerprint density at radius 3 is 2.40 bits per heavy atom. The molecule has 172 valence electrons. The third-order valence-corrected chi connectivity index (χ3v) is 6.28. The Bertz CT molecular complexity index is 568. The van der Waals surface area contributed by atoms with Gasteiger partial charge in [-0.15, -0.1) is 24.0 Å². The number of aliphatic imine (C=N–C) groups is 1. The number of hydrogen-bond donors (Lipinski definition) is 2. The van der Waals surface area contributed by atoms with Gasteiger partial charge in [-0.3, -0.25) is 9.89 Å². The van der Waals surface area contributed by atoms with Gasteiger partial charge in [-0.1, -0.05) is 19.3 Å². The molecule has 2 N–H and O–H groups in total. The Balaban J connectivity index is 0.00000320. The van der Waals surface area contributed by atoms with Crippen LogP contribution >= 0.6 is 24.0 Å². The van der Waals surface area contributed by atoms with Gasteiger partial charge < -0.3 is 20.0 Å². The molecule has 0 amide bonds. The SMILES string of the molecule is CN=C(NCCCCCN1CCCCC1)NCC(c1ccco1)N1CCCCC1.I. The first-order valence-corrected chi connectivity index (χ1v) is 11.8. The van der Waals surface area contributed by atoms with E-state index in [9.17, 15) is 0 Å². The number of rotatable bonds is 10. The van der Waals surface area contributed by atoms with Crippen molar-refractivity contribution < 1.29 is 4.42 Å². The van der Waals surface area contributed by atoms with Gasteiger partial charge in [-0.05, 0) is 83.4 Å². The molecule has 7 heteroatoms. The van der Waals surface area contributed by atoms with Crippen molar-refractivity contribution in [2.24, 2.45) is 4.99 Å². The number of unbranched alkanes of at least 4 members (excludes halogenated alkanes) is 2. The number of nitrogens with one attached hydrogen (secondary N) is 2. The summed E-state index contributed by atoms with van der Waals surface area (Å²) in [4.78, 5) is 9.59. The largest absolute Gasteiger partial charge is 0.468 e. The zero-order valence-corrected chi connectivity index (χ0v) is 21.1. The molecule has 0 aromatic carbocycles. The zero-order valence-electron chi connectivity index (χ0n) is 18.8. The molecule has 2 saturated heterocycles. The molecule has 0 saturated carbocycles. The summed E-state index contributed by atoms with van der Waals surface area (Å²) >= 11 is 0. The third kappa shape index (κ3) is 8.75. The van der Waals surface area contributed by atoms with Crippen molar-refractivity contribution in [3.05, 3.63) is 24.2 Å². The van der Waals surface area contributed by atoms with E-state index >= 15 is 0 Å². The Hall–Kier alpha value is -0.800. The maximum absolute atomic E-state index is 5.74. The number of likely N-dealkylation sites (tertiary alicyclic amines) is 2. The van der Waals surface area contributed by atoms with Gasteiger partial charge in [0.2, 0.25) is 0 Å². The lowest BCUT2D eigenvalue weighted by atomic mass is 10.1. The van der Waals surface area contributed by atoms with Crippen LogP contribution in [0.1, 0.15) is 69.6 Å². The predicted molar refractivity (Wildman–Crippen MR) is 136 cm³/mol. The van der Waals surface area contributed by atoms with Crippen molar-refractivity contribution in [1.29, 1.82) is 0 Å². The maximum atomic E-state index is 5.74. The van der Waals surface area contributed by atoms with Crippen LogP contribution in [0.2, 0.25) is 0 Å². The van der Waals surface area contributed by atoms with Crippen molar-refractivity contribution in [3.63, 3.8) is 0 Å². The fraction of sp³-hybridized carbons (Fsp3) is 0.783. The third-order valence-electron chi connectivity index (χ3n) is 6.28. The van der Waals surface area contributed by atoms with Gasteiger partial charge in [-0.25, -0.2) is 0 Å². The van der Waals surface area contributed by atoms with Crippen molar-refractivity contribution in [1.82, 2.24) is 20.4 Å². The number of hydrogen-bond acceptors (Lipinski definition) is 4. The molecule has 0 aliphatic carbocycles. The quantitative estimate of drug-likeness (QED) is 0.205. The average Bonchev–Trinajstić information content (AvgIpc) is 3.31. The second kappa shape index (κ2) is 15.1. The van der Waals surface area contributed by atoms with Crippen LogP contribution in [0, 0.1) is 0 Å². The molecule has 0 radical (unpaired) electrons. The molecule has 1 aromatic heterocycles. The topological polar surface area (TPSA) is 56.0 Å². The summed E-state index contributed by atoms with van der Waals surface area (Å²) in [5, 5.41) is 7.01. The van der Waals surface area contributed by atoms with E-state index in [1.54, 1.807) is 6.26 Å². The van der Waals surface area contributed by atoms with Gasteiger partial charge in [0.05, 0.1) is 12.3 Å². The molecule has 3 rings (SSSR count). The Kier molecular flexibility index (Phi) is 12.8. The highest BCUT2D eigenvalue weighted by Crippen LogP contribution is 2.24. The molecule has 2 fully saturated rings. The van der Waals surface area contributed by atoms with Gasteiger partial charge in [0.25, 0.3) is 0 Å². The number of nitrogens with zero attached hydrogens (tertiary/aromatic N) is 3. The minimum atomic E-state index is 0. The lowest BCUT2D eigenvalue weighted by Crippen LogP contribution is -2.44. The zero-order chi connectivity index (χ0) is 20.2. The molecule has 30 heavy (non-hydrogen) atoms. The summed E-state index contributed by atoms with van der Waals surface area (Å²) < 4.78 is 5.74. The van der Waals surface area contributed by atoms with Crippen LogP contribution in [0.4, 0.5) is 0 Å². The molecule has 1 aromatic rings. The molecule has 2 aliphatic heterocycles. The standard InChI is InChI=1S/C23H41N5O.HI/c1-24-23(25-13-5-2-6-14-27-15-7-3-8-16-27)26-20-21(22-12-11-19-29-22)28-17-9-4-10-18-28;/h11-12,19,21H,2-10,13-18,20H2,1H3,(H2,24,25,26);1H. The Morgan fingerprint density at radius 1 is 1.00 bits per heavy atom. The molecule has 2 aliphatic rings. The van der Waals surface area contributed by atoms with Crippen LogP contribution in [-0.2, 0) is 0 Å². The van der Waals surface area contributed by atoms with Gasteiger partial charge in [0.1, 0.15) is 5.76 Å². The highest BCUT2D eigenvalue weighted by molar-refractivity contribution is 14.0. The van der Waals surface area contributed by atoms with Gasteiger partial charge >= 0.3 is 0 Å². The highest BCUT2D eigenvalue weighted by Gasteiger charge is 2.24. The smallest absolute Gasteiger partial charge is 0.191 e. The van der Waals surface area contributed by atoms with Gasteiger partial charge in [0, 0.05) is 20.1 Å². The van der Waals surface area contributed by atoms with E-state index < -0.39 is 0 Å². The minimum Gasteiger partial charge on any atom is -0.468 e. The van der Waals surface area contributed by atoms with Crippen LogP contribution in [0.25, 0.3) is 0 Å². The molecule has 0 bridgehead atoms. The average molecular weight is 532 g/mol. The minimum absolute atomic E-state index is 0. The van der Waals surface area contributed by atoms with E-state index in [0.717, 1.165) is 37.9 Å². The monoisotopic (exact) mass is 531 g/mol. The molecule has 3 heterocycles.